The van der Waals surface area contributed by atoms with Crippen molar-refractivity contribution in [1.29, 1.82) is 0 Å². The highest BCUT2D eigenvalue weighted by molar-refractivity contribution is 8.14. The maximum Gasteiger partial charge on any atom is 0.276 e. The minimum Gasteiger partial charge on any atom is -0.490 e. The number of rotatable bonds is 9. The van der Waals surface area contributed by atoms with Crippen LogP contribution in [0.3, 0.4) is 0 Å². The van der Waals surface area contributed by atoms with Crippen molar-refractivity contribution in [2.45, 2.75) is 24.7 Å². The van der Waals surface area contributed by atoms with Crippen LogP contribution in [0.1, 0.15) is 23.1 Å². The molecule has 0 aliphatic rings. The molecule has 0 aliphatic carbocycles. The number of nitrogens with two attached hydrogens (primary N) is 1. The summed E-state index contributed by atoms with van der Waals surface area (Å²) in [5.41, 5.74) is 7.39. The summed E-state index contributed by atoms with van der Waals surface area (Å²) in [6.07, 6.45) is -0.426. The van der Waals surface area contributed by atoms with Crippen molar-refractivity contribution in [1.82, 2.24) is 4.98 Å². The SMILES string of the molecule is Cc1oc(-c2ccccc2)nc1C(O)COc1ccc(CC(CO)SC(N)=O)cc1. The van der Waals surface area contributed by atoms with Crippen LogP contribution in [-0.4, -0.2) is 38.9 Å². The lowest BCUT2D eigenvalue weighted by Gasteiger charge is -2.13. The van der Waals surface area contributed by atoms with Crippen molar-refractivity contribution in [2.75, 3.05) is 13.2 Å². The van der Waals surface area contributed by atoms with Crippen molar-refractivity contribution in [3.63, 3.8) is 0 Å². The van der Waals surface area contributed by atoms with Gasteiger partial charge in [-0.1, -0.05) is 42.1 Å². The molecule has 4 N–H and O–H groups in total. The van der Waals surface area contributed by atoms with Crippen LogP contribution in [0.2, 0.25) is 0 Å². The summed E-state index contributed by atoms with van der Waals surface area (Å²) in [5.74, 6) is 1.59. The Bertz CT molecular complexity index is 959. The molecule has 0 aliphatic heterocycles. The summed E-state index contributed by atoms with van der Waals surface area (Å²) in [7, 11) is 0. The Morgan fingerprint density at radius 2 is 1.90 bits per heavy atom. The van der Waals surface area contributed by atoms with E-state index < -0.39 is 11.3 Å². The maximum absolute atomic E-state index is 11.0. The van der Waals surface area contributed by atoms with Gasteiger partial charge in [0.25, 0.3) is 5.24 Å². The van der Waals surface area contributed by atoms with Crippen LogP contribution in [0.4, 0.5) is 4.79 Å². The Balaban J connectivity index is 1.58. The molecule has 1 heterocycles. The summed E-state index contributed by atoms with van der Waals surface area (Å²) in [5, 5.41) is 19.0. The minimum absolute atomic E-state index is 0.0255. The molecule has 3 aromatic rings. The van der Waals surface area contributed by atoms with Crippen molar-refractivity contribution in [3.8, 4) is 17.2 Å². The predicted octanol–water partition coefficient (Wildman–Crippen LogP) is 3.48. The van der Waals surface area contributed by atoms with Gasteiger partial charge in [0.05, 0.1) is 6.61 Å². The van der Waals surface area contributed by atoms with Crippen molar-refractivity contribution in [2.24, 2.45) is 5.73 Å². The zero-order valence-corrected chi connectivity index (χ0v) is 17.3. The Morgan fingerprint density at radius 3 is 2.53 bits per heavy atom. The Kier molecular flexibility index (Phi) is 7.51. The molecule has 30 heavy (non-hydrogen) atoms. The second kappa shape index (κ2) is 10.3. The van der Waals surface area contributed by atoms with E-state index >= 15 is 0 Å². The molecule has 0 saturated carbocycles. The third-order valence-electron chi connectivity index (χ3n) is 4.45. The smallest absolute Gasteiger partial charge is 0.276 e. The normalized spacial score (nSPS) is 13.0. The number of hydrogen-bond acceptors (Lipinski definition) is 7. The van der Waals surface area contributed by atoms with E-state index in [0.717, 1.165) is 22.9 Å². The summed E-state index contributed by atoms with van der Waals surface area (Å²) in [6.45, 7) is 1.65. The Morgan fingerprint density at radius 1 is 1.20 bits per heavy atom. The number of thioether (sulfide) groups is 1. The van der Waals surface area contributed by atoms with E-state index in [2.05, 4.69) is 4.98 Å². The molecule has 8 heteroatoms. The standard InChI is InChI=1S/C22H24N2O5S/c1-14-20(24-21(29-14)16-5-3-2-4-6-16)19(26)13-28-17-9-7-15(8-10-17)11-18(12-25)30-22(23)27/h2-10,18-19,25-26H,11-13H2,1H3,(H2,23,27). The second-order valence-corrected chi connectivity index (χ2v) is 8.05. The first-order valence-corrected chi connectivity index (χ1v) is 10.3. The van der Waals surface area contributed by atoms with Crippen LogP contribution < -0.4 is 10.5 Å². The summed E-state index contributed by atoms with van der Waals surface area (Å²) in [6, 6.07) is 16.7. The third kappa shape index (κ3) is 5.85. The van der Waals surface area contributed by atoms with Crippen LogP contribution in [0, 0.1) is 6.92 Å². The number of ether oxygens (including phenoxy) is 1. The molecule has 2 aromatic carbocycles. The highest BCUT2D eigenvalue weighted by atomic mass is 32.2. The maximum atomic E-state index is 11.0. The molecule has 1 amide bonds. The second-order valence-electron chi connectivity index (χ2n) is 6.74. The lowest BCUT2D eigenvalue weighted by atomic mass is 10.1. The third-order valence-corrected chi connectivity index (χ3v) is 5.33. The number of nitrogens with zero attached hydrogens (tertiary/aromatic N) is 1. The van der Waals surface area contributed by atoms with E-state index in [1.165, 1.54) is 0 Å². The summed E-state index contributed by atoms with van der Waals surface area (Å²) in [4.78, 5) is 15.4. The zero-order chi connectivity index (χ0) is 21.5. The molecule has 0 saturated heterocycles. The van der Waals surface area contributed by atoms with Crippen molar-refractivity contribution in [3.05, 3.63) is 71.6 Å². The topological polar surface area (TPSA) is 119 Å². The molecule has 2 unspecified atom stereocenters. The molecule has 0 radical (unpaired) electrons. The monoisotopic (exact) mass is 428 g/mol. The van der Waals surface area contributed by atoms with E-state index in [1.807, 2.05) is 42.5 Å². The van der Waals surface area contributed by atoms with Gasteiger partial charge in [-0.05, 0) is 43.2 Å². The van der Waals surface area contributed by atoms with Gasteiger partial charge in [0, 0.05) is 10.8 Å². The number of carbonyl (C=O) groups is 1. The number of aliphatic hydroxyl groups is 2. The van der Waals surface area contributed by atoms with Gasteiger partial charge in [0.15, 0.2) is 0 Å². The number of aliphatic hydroxyl groups excluding tert-OH is 2. The molecular formula is C22H24N2O5S. The van der Waals surface area contributed by atoms with Crippen LogP contribution in [0.25, 0.3) is 11.5 Å². The van der Waals surface area contributed by atoms with Crippen LogP contribution in [-0.2, 0) is 6.42 Å². The molecule has 3 rings (SSSR count). The van der Waals surface area contributed by atoms with Gasteiger partial charge in [-0.25, -0.2) is 4.98 Å². The lowest BCUT2D eigenvalue weighted by Crippen LogP contribution is -2.17. The van der Waals surface area contributed by atoms with Crippen LogP contribution >= 0.6 is 11.8 Å². The molecule has 158 valence electrons. The number of aryl methyl sites for hydroxylation is 1. The van der Waals surface area contributed by atoms with Gasteiger partial charge in [-0.2, -0.15) is 0 Å². The quantitative estimate of drug-likeness (QED) is 0.477. The Labute approximate surface area is 178 Å². The minimum atomic E-state index is -0.934. The summed E-state index contributed by atoms with van der Waals surface area (Å²) < 4.78 is 11.4. The number of primary amides is 1. The van der Waals surface area contributed by atoms with E-state index in [9.17, 15) is 15.0 Å². The molecule has 0 bridgehead atoms. The van der Waals surface area contributed by atoms with Gasteiger partial charge in [-0.3, -0.25) is 4.79 Å². The van der Waals surface area contributed by atoms with Gasteiger partial charge in [0.2, 0.25) is 5.89 Å². The van der Waals surface area contributed by atoms with Gasteiger partial charge in [0.1, 0.15) is 29.9 Å². The first kappa shape index (κ1) is 21.9. The number of amides is 1. The average Bonchev–Trinajstić information content (AvgIpc) is 3.14. The first-order valence-electron chi connectivity index (χ1n) is 9.45. The molecular weight excluding hydrogens is 404 g/mol. The number of hydrogen-bond donors (Lipinski definition) is 3. The number of oxazole rings is 1. The molecule has 0 fully saturated rings. The summed E-state index contributed by atoms with van der Waals surface area (Å²) >= 11 is 0.921. The van der Waals surface area contributed by atoms with E-state index in [-0.39, 0.29) is 18.5 Å². The first-order chi connectivity index (χ1) is 14.5. The number of carbonyl (C=O) groups excluding carboxylic acids is 1. The highest BCUT2D eigenvalue weighted by Crippen LogP contribution is 2.26. The fourth-order valence-corrected chi connectivity index (χ4v) is 3.65. The van der Waals surface area contributed by atoms with Crippen LogP contribution in [0.5, 0.6) is 5.75 Å². The molecule has 1 aromatic heterocycles. The van der Waals surface area contributed by atoms with Gasteiger partial charge >= 0.3 is 0 Å². The molecule has 7 nitrogen and oxygen atoms in total. The fourth-order valence-electron chi connectivity index (χ4n) is 2.97. The van der Waals surface area contributed by atoms with E-state index in [0.29, 0.717) is 29.5 Å². The van der Waals surface area contributed by atoms with E-state index in [4.69, 9.17) is 14.9 Å². The van der Waals surface area contributed by atoms with E-state index in [1.54, 1.807) is 19.1 Å². The van der Waals surface area contributed by atoms with Gasteiger partial charge < -0.3 is 25.1 Å². The van der Waals surface area contributed by atoms with Crippen molar-refractivity contribution < 1.29 is 24.2 Å². The van der Waals surface area contributed by atoms with Crippen molar-refractivity contribution >= 4 is 17.0 Å². The highest BCUT2D eigenvalue weighted by Gasteiger charge is 2.19. The molecule has 2 atom stereocenters. The predicted molar refractivity (Wildman–Crippen MR) is 115 cm³/mol. The lowest BCUT2D eigenvalue weighted by molar-refractivity contribution is 0.104. The number of aromatic nitrogens is 1. The zero-order valence-electron chi connectivity index (χ0n) is 16.5. The number of benzene rings is 2. The van der Waals surface area contributed by atoms with Gasteiger partial charge in [-0.15, -0.1) is 0 Å². The van der Waals surface area contributed by atoms with Crippen LogP contribution in [0.15, 0.2) is 59.0 Å². The molecule has 0 spiro atoms. The average molecular weight is 429 g/mol. The fraction of sp³-hybridized carbons (Fsp3) is 0.273. The Hall–Kier alpha value is -2.81. The largest absolute Gasteiger partial charge is 0.490 e.